The topological polar surface area (TPSA) is 90.0 Å². The molecule has 0 spiro atoms. The summed E-state index contributed by atoms with van der Waals surface area (Å²) >= 11 is 0. The number of nitrogens with one attached hydrogen (secondary N) is 1. The number of rotatable bonds is 5. The smallest absolute Gasteiger partial charge is 0.317 e. The molecule has 0 saturated carbocycles. The summed E-state index contributed by atoms with van der Waals surface area (Å²) in [6.45, 7) is 4.02. The van der Waals surface area contributed by atoms with E-state index >= 15 is 0 Å². The van der Waals surface area contributed by atoms with Crippen LogP contribution >= 0.6 is 0 Å². The first-order valence-electron chi connectivity index (χ1n) is 10.8. The molecule has 9 heteroatoms. The van der Waals surface area contributed by atoms with Crippen molar-refractivity contribution in [3.8, 4) is 0 Å². The van der Waals surface area contributed by atoms with Gasteiger partial charge in [0.1, 0.15) is 0 Å². The van der Waals surface area contributed by atoms with Crippen molar-refractivity contribution < 1.29 is 18.0 Å². The van der Waals surface area contributed by atoms with E-state index in [0.717, 1.165) is 11.1 Å². The summed E-state index contributed by atoms with van der Waals surface area (Å²) < 4.78 is 27.1. The van der Waals surface area contributed by atoms with Crippen molar-refractivity contribution in [3.05, 3.63) is 65.7 Å². The van der Waals surface area contributed by atoms with Gasteiger partial charge < -0.3 is 15.1 Å². The van der Waals surface area contributed by atoms with Crippen LogP contribution in [0.3, 0.4) is 0 Å². The zero-order valence-electron chi connectivity index (χ0n) is 18.1. The van der Waals surface area contributed by atoms with Gasteiger partial charge in [0.25, 0.3) is 0 Å². The van der Waals surface area contributed by atoms with Gasteiger partial charge in [-0.3, -0.25) is 4.79 Å². The zero-order valence-corrected chi connectivity index (χ0v) is 18.9. The van der Waals surface area contributed by atoms with E-state index in [9.17, 15) is 18.0 Å². The molecule has 4 rings (SSSR count). The Labute approximate surface area is 188 Å². The monoisotopic (exact) mass is 456 g/mol. The number of piperazine rings is 1. The first kappa shape index (κ1) is 22.3. The molecule has 2 aromatic rings. The summed E-state index contributed by atoms with van der Waals surface area (Å²) in [6.07, 6.45) is 0.278. The summed E-state index contributed by atoms with van der Waals surface area (Å²) in [5, 5.41) is 2.94. The maximum absolute atomic E-state index is 12.8. The maximum Gasteiger partial charge on any atom is 0.317 e. The van der Waals surface area contributed by atoms with Crippen LogP contribution in [0.4, 0.5) is 4.79 Å². The Morgan fingerprint density at radius 1 is 1.00 bits per heavy atom. The van der Waals surface area contributed by atoms with Crippen LogP contribution in [0.2, 0.25) is 0 Å². The third kappa shape index (κ3) is 4.94. The van der Waals surface area contributed by atoms with Crippen LogP contribution in [0.1, 0.15) is 17.5 Å². The molecule has 2 fully saturated rings. The largest absolute Gasteiger partial charge is 0.336 e. The number of likely N-dealkylation sites (tertiary alicyclic amines) is 1. The van der Waals surface area contributed by atoms with Gasteiger partial charge >= 0.3 is 6.03 Å². The molecule has 2 aliphatic heterocycles. The van der Waals surface area contributed by atoms with Gasteiger partial charge in [-0.2, -0.15) is 4.31 Å². The van der Waals surface area contributed by atoms with E-state index in [1.807, 2.05) is 37.3 Å². The highest BCUT2D eigenvalue weighted by Gasteiger charge is 2.34. The molecule has 2 aromatic carbocycles. The lowest BCUT2D eigenvalue weighted by Crippen LogP contribution is -2.54. The SMILES string of the molecule is Cc1ccc(S(=O)(=O)N2CCN(C(=O)NC3CC(=O)N(Cc4ccccc4)C3)CC2)cc1. The molecule has 2 aliphatic rings. The average Bonchev–Trinajstić information content (AvgIpc) is 3.13. The normalized spacial score (nSPS) is 19.9. The lowest BCUT2D eigenvalue weighted by Gasteiger charge is -2.34. The zero-order chi connectivity index (χ0) is 22.7. The number of benzene rings is 2. The average molecular weight is 457 g/mol. The summed E-state index contributed by atoms with van der Waals surface area (Å²) in [5.41, 5.74) is 2.05. The number of aryl methyl sites for hydroxylation is 1. The van der Waals surface area contributed by atoms with Crippen LogP contribution in [0.5, 0.6) is 0 Å². The maximum atomic E-state index is 12.8. The minimum absolute atomic E-state index is 0.0214. The Bertz CT molecular complexity index is 1060. The highest BCUT2D eigenvalue weighted by atomic mass is 32.2. The molecule has 1 atom stereocenters. The van der Waals surface area contributed by atoms with Crippen molar-refractivity contribution in [3.63, 3.8) is 0 Å². The Balaban J connectivity index is 1.28. The van der Waals surface area contributed by atoms with E-state index in [2.05, 4.69) is 5.32 Å². The first-order chi connectivity index (χ1) is 15.3. The van der Waals surface area contributed by atoms with Gasteiger partial charge in [-0.15, -0.1) is 0 Å². The van der Waals surface area contributed by atoms with E-state index in [1.54, 1.807) is 34.1 Å². The number of hydrogen-bond acceptors (Lipinski definition) is 4. The second-order valence-electron chi connectivity index (χ2n) is 8.31. The molecule has 0 aliphatic carbocycles. The van der Waals surface area contributed by atoms with Crippen LogP contribution in [0, 0.1) is 6.92 Å². The summed E-state index contributed by atoms with van der Waals surface area (Å²) in [5.74, 6) is 0.0214. The standard InChI is InChI=1S/C23H28N4O4S/c1-18-7-9-21(10-8-18)32(30,31)27-13-11-25(12-14-27)23(29)24-20-15-22(28)26(17-20)16-19-5-3-2-4-6-19/h2-10,20H,11-17H2,1H3,(H,24,29). The highest BCUT2D eigenvalue weighted by molar-refractivity contribution is 7.89. The highest BCUT2D eigenvalue weighted by Crippen LogP contribution is 2.19. The number of sulfonamides is 1. The third-order valence-electron chi connectivity index (χ3n) is 5.94. The van der Waals surface area contributed by atoms with Gasteiger partial charge in [0, 0.05) is 45.7 Å². The second-order valence-corrected chi connectivity index (χ2v) is 10.3. The molecule has 0 radical (unpaired) electrons. The predicted octanol–water partition coefficient (Wildman–Crippen LogP) is 1.81. The third-order valence-corrected chi connectivity index (χ3v) is 7.86. The molecule has 3 amide bonds. The van der Waals surface area contributed by atoms with E-state index in [-0.39, 0.29) is 42.4 Å². The van der Waals surface area contributed by atoms with E-state index in [1.165, 1.54) is 4.31 Å². The summed E-state index contributed by atoms with van der Waals surface area (Å²) in [4.78, 5) is 28.7. The van der Waals surface area contributed by atoms with E-state index in [0.29, 0.717) is 26.2 Å². The van der Waals surface area contributed by atoms with Crippen LogP contribution in [-0.2, 0) is 21.4 Å². The second kappa shape index (κ2) is 9.30. The van der Waals surface area contributed by atoms with Crippen molar-refractivity contribution in [1.82, 2.24) is 19.4 Å². The molecule has 1 unspecified atom stereocenters. The van der Waals surface area contributed by atoms with Gasteiger partial charge in [-0.25, -0.2) is 13.2 Å². The van der Waals surface area contributed by atoms with Gasteiger partial charge in [-0.1, -0.05) is 48.0 Å². The number of nitrogens with zero attached hydrogens (tertiary/aromatic N) is 3. The summed E-state index contributed by atoms with van der Waals surface area (Å²) in [7, 11) is -3.57. The van der Waals surface area contributed by atoms with Crippen molar-refractivity contribution in [2.24, 2.45) is 0 Å². The molecule has 0 aromatic heterocycles. The molecule has 1 N–H and O–H groups in total. The lowest BCUT2D eigenvalue weighted by atomic mass is 10.2. The Morgan fingerprint density at radius 2 is 1.66 bits per heavy atom. The van der Waals surface area contributed by atoms with Crippen molar-refractivity contribution in [2.75, 3.05) is 32.7 Å². The van der Waals surface area contributed by atoms with Crippen LogP contribution < -0.4 is 5.32 Å². The summed E-state index contributed by atoms with van der Waals surface area (Å²) in [6, 6.07) is 16.0. The van der Waals surface area contributed by atoms with Gasteiger partial charge in [0.15, 0.2) is 0 Å². The van der Waals surface area contributed by atoms with Crippen LogP contribution in [0.25, 0.3) is 0 Å². The Morgan fingerprint density at radius 3 is 2.31 bits per heavy atom. The Hall–Kier alpha value is -2.91. The molecule has 2 heterocycles. The van der Waals surface area contributed by atoms with Crippen molar-refractivity contribution in [2.45, 2.75) is 30.8 Å². The fourth-order valence-electron chi connectivity index (χ4n) is 4.08. The molecule has 170 valence electrons. The number of carbonyl (C=O) groups is 2. The molecular weight excluding hydrogens is 428 g/mol. The molecular formula is C23H28N4O4S. The number of hydrogen-bond donors (Lipinski definition) is 1. The van der Waals surface area contributed by atoms with Gasteiger partial charge in [-0.05, 0) is 24.6 Å². The molecule has 2 saturated heterocycles. The lowest BCUT2D eigenvalue weighted by molar-refractivity contribution is -0.128. The number of amides is 3. The molecule has 8 nitrogen and oxygen atoms in total. The Kier molecular flexibility index (Phi) is 6.48. The fraction of sp³-hybridized carbons (Fsp3) is 0.391. The van der Waals surface area contributed by atoms with Crippen LogP contribution in [-0.4, -0.2) is 73.2 Å². The van der Waals surface area contributed by atoms with Gasteiger partial charge in [0.2, 0.25) is 15.9 Å². The predicted molar refractivity (Wildman–Crippen MR) is 120 cm³/mol. The fourth-order valence-corrected chi connectivity index (χ4v) is 5.50. The van der Waals surface area contributed by atoms with E-state index in [4.69, 9.17) is 0 Å². The first-order valence-corrected chi connectivity index (χ1v) is 12.2. The number of urea groups is 1. The molecule has 32 heavy (non-hydrogen) atoms. The van der Waals surface area contributed by atoms with E-state index < -0.39 is 10.0 Å². The van der Waals surface area contributed by atoms with Crippen LogP contribution in [0.15, 0.2) is 59.5 Å². The van der Waals surface area contributed by atoms with Crippen molar-refractivity contribution in [1.29, 1.82) is 0 Å². The minimum atomic E-state index is -3.57. The van der Waals surface area contributed by atoms with Gasteiger partial charge in [0.05, 0.1) is 10.9 Å². The number of carbonyl (C=O) groups excluding carboxylic acids is 2. The van der Waals surface area contributed by atoms with Crippen molar-refractivity contribution >= 4 is 22.0 Å². The molecule has 0 bridgehead atoms. The minimum Gasteiger partial charge on any atom is -0.336 e. The quantitative estimate of drug-likeness (QED) is 0.743.